The molecule has 0 amide bonds. The maximum absolute atomic E-state index is 13.2. The minimum absolute atomic E-state index is 0. The Morgan fingerprint density at radius 3 is 1.07 bits per heavy atom. The van der Waals surface area contributed by atoms with E-state index in [0.29, 0.717) is 5.69 Å². The number of para-hydroxylation sites is 1. The number of benzene rings is 4. The molecule has 19 rings (SSSR count). The van der Waals surface area contributed by atoms with Crippen LogP contribution in [-0.2, 0) is 151 Å². The Hall–Kier alpha value is -11.5. The molecule has 0 saturated heterocycles. The molecule has 15 heterocycles. The van der Waals surface area contributed by atoms with Crippen LogP contribution in [-0.4, -0.2) is 72.7 Å². The van der Waals surface area contributed by atoms with Crippen molar-refractivity contribution in [1.82, 2.24) is 59.8 Å². The van der Waals surface area contributed by atoms with E-state index in [2.05, 4.69) is 222 Å². The molecule has 779 valence electrons. The number of aromatic nitrogens is 12. The van der Waals surface area contributed by atoms with Crippen LogP contribution in [0.2, 0.25) is 0 Å². The topological polar surface area (TPSA) is 271 Å². The van der Waals surface area contributed by atoms with Gasteiger partial charge in [0, 0.05) is 118 Å². The monoisotopic (exact) mass is 2910 g/mol. The van der Waals surface area contributed by atoms with Crippen LogP contribution in [0.3, 0.4) is 0 Å². The number of fused-ring (bicyclic) bond motifs is 18. The van der Waals surface area contributed by atoms with E-state index < -0.39 is 17.6 Å². The van der Waals surface area contributed by atoms with E-state index in [-0.39, 0.29) is 137 Å². The summed E-state index contributed by atoms with van der Waals surface area (Å²) in [7, 11) is 0. The zero-order valence-electron chi connectivity index (χ0n) is 86.9. The van der Waals surface area contributed by atoms with Crippen LogP contribution in [0.4, 0.5) is 8.78 Å². The number of carbonyl (C=O) groups excluding carboxylic acids is 2. The fourth-order valence-corrected chi connectivity index (χ4v) is 20.0. The number of pyridine rings is 3. The number of halogens is 2. The van der Waals surface area contributed by atoms with Crippen LogP contribution < -0.4 is 19.9 Å². The molecule has 0 unspecified atom stereocenters. The Kier molecular flexibility index (Phi) is 49.3. The standard InChI is InChI=1S/C36H44N4.C32H36N4.2C13H8NS.C11H6F2N.C6H5NO2.2C5H8O2.3Ir.2Pt/c1-9-21-22(10-2)30-18-32-25(13-5)26(14-6)34(39-32)20-36-28(16-8)27(15-7)35(40-36)19-33-24(12-4)23(11-3)31(38-33)17-29(21)37-30;1-9-21-17(5)25-14-30-23(11-3)19(7)27(35-30)16-32-24(12-4)20(8)28(36-32)15-31-22(10-2)18(6)26(34-31)13-29(21)33-25;1-2-7-12-10(5-1)9-13(15-12)11-6-3-4-8-14-11;1-2-6-10(7-3-1)13-14-11-8-4-5-9-12(11)15-13;12-8-4-5-9(10(13)7-8)11-3-1-2-6-14-11;8-6(9)5-3-1-2-4-7-5;2*1-4(6)3-5(2)7;;;;;/h17-20H,9-16H2,1-8H3;13-16H,9-12H2,1-8H3;1-8H;1-6,8-9H;1-4,6-7H;1-4H,(H,8,9);2*3,6H,1-2H3;;;;;/q2*-2;3*-1;;;;;;;2*+2. The zero-order chi connectivity index (χ0) is 103. The van der Waals surface area contributed by atoms with E-state index in [9.17, 15) is 23.2 Å². The van der Waals surface area contributed by atoms with Crippen LogP contribution in [0.15, 0.2) is 230 Å². The summed E-state index contributed by atoms with van der Waals surface area (Å²) in [5.74, 6) is -2.40. The second-order valence-corrected chi connectivity index (χ2v) is 36.4. The van der Waals surface area contributed by atoms with Gasteiger partial charge in [0.25, 0.3) is 0 Å². The zero-order valence-corrected chi connectivity index (χ0v) is 100. The summed E-state index contributed by atoms with van der Waals surface area (Å²) in [6.07, 6.45) is 18.5. The number of thiazole rings is 1. The number of aromatic carboxylic acids is 1. The minimum Gasteiger partial charge on any atom is -0.657 e. The van der Waals surface area contributed by atoms with Crippen molar-refractivity contribution in [3.8, 4) is 32.4 Å². The average molecular weight is 2910 g/mol. The summed E-state index contributed by atoms with van der Waals surface area (Å²) < 4.78 is 28.3. The largest absolute Gasteiger partial charge is 2.00 e. The Labute approximate surface area is 944 Å². The van der Waals surface area contributed by atoms with Gasteiger partial charge in [0.2, 0.25) is 0 Å². The normalized spacial score (nSPS) is 11.8. The van der Waals surface area contributed by atoms with Crippen molar-refractivity contribution >= 4 is 149 Å². The molecule has 3 radical (unpaired) electrons. The number of hydrogen-bond donors (Lipinski definition) is 3. The molecular weight excluding hydrogens is 2790 g/mol. The first kappa shape index (κ1) is 123. The first-order valence-electron chi connectivity index (χ1n) is 49.0. The van der Waals surface area contributed by atoms with Crippen LogP contribution in [0.5, 0.6) is 0 Å². The molecule has 4 aromatic carbocycles. The maximum Gasteiger partial charge on any atom is 2.00 e. The third kappa shape index (κ3) is 30.7. The second kappa shape index (κ2) is 59.2. The van der Waals surface area contributed by atoms with Crippen LogP contribution in [0, 0.1) is 43.7 Å². The van der Waals surface area contributed by atoms with E-state index in [0.717, 1.165) is 206 Å². The molecule has 4 aliphatic heterocycles. The van der Waals surface area contributed by atoms with Gasteiger partial charge in [0.15, 0.2) is 11.6 Å². The fourth-order valence-electron chi connectivity index (χ4n) is 18.1. The van der Waals surface area contributed by atoms with Gasteiger partial charge in [0.1, 0.15) is 5.69 Å². The number of allylic oxidation sites excluding steroid dienone is 12. The Morgan fingerprint density at radius 2 is 0.723 bits per heavy atom. The fraction of sp³-hybridized carbons (Fsp3) is 0.264. The number of rotatable bonds is 18. The Balaban J connectivity index is 0.000000247. The van der Waals surface area contributed by atoms with Gasteiger partial charge in [-0.3, -0.25) is 23.4 Å². The Bertz CT molecular complexity index is 7170. The molecule has 4 aliphatic rings. The summed E-state index contributed by atoms with van der Waals surface area (Å²) >= 11 is 3.44. The summed E-state index contributed by atoms with van der Waals surface area (Å²) in [4.78, 5) is 89.1. The first-order chi connectivity index (χ1) is 69.0. The molecule has 0 fully saturated rings. The molecule has 11 aromatic heterocycles. The number of carboxylic acid groups (broad SMARTS) is 1. The molecule has 0 atom stereocenters. The predicted molar refractivity (Wildman–Crippen MR) is 586 cm³/mol. The molecule has 0 spiro atoms. The molecule has 16 bridgehead atoms. The molecule has 18 nitrogen and oxygen atoms in total. The smallest absolute Gasteiger partial charge is 0.657 e. The molecule has 15 aromatic rings. The summed E-state index contributed by atoms with van der Waals surface area (Å²) in [6.45, 7) is 41.2. The quantitative estimate of drug-likeness (QED) is 0.0409. The number of carbonyl (C=O) groups is 3. The van der Waals surface area contributed by atoms with Gasteiger partial charge in [-0.25, -0.2) is 41.1 Å². The number of thiophene rings is 1. The van der Waals surface area contributed by atoms with Gasteiger partial charge in [-0.05, 0) is 229 Å². The summed E-state index contributed by atoms with van der Waals surface area (Å²) in [5.41, 5.74) is 41.2. The van der Waals surface area contributed by atoms with E-state index in [4.69, 9.17) is 55.2 Å². The van der Waals surface area contributed by atoms with Crippen LogP contribution in [0.25, 0.3) is 141 Å². The van der Waals surface area contributed by atoms with Gasteiger partial charge in [-0.15, -0.1) is 116 Å². The molecular formula is C121H123F2Ir3N12O6Pt2S2-3. The number of ketones is 2. The van der Waals surface area contributed by atoms with Crippen molar-refractivity contribution in [1.29, 1.82) is 0 Å². The second-order valence-electron chi connectivity index (χ2n) is 34.3. The van der Waals surface area contributed by atoms with Crippen molar-refractivity contribution in [3.05, 3.63) is 356 Å². The summed E-state index contributed by atoms with van der Waals surface area (Å²) in [6, 6.07) is 68.9. The molecule has 148 heavy (non-hydrogen) atoms. The third-order valence-corrected chi connectivity index (χ3v) is 27.0. The molecule has 3 N–H and O–H groups in total. The van der Waals surface area contributed by atoms with Crippen molar-refractivity contribution in [3.63, 3.8) is 0 Å². The number of nitrogens with zero attached hydrogens (tertiary/aromatic N) is 12. The Morgan fingerprint density at radius 1 is 0.365 bits per heavy atom. The predicted octanol–water partition coefficient (Wildman–Crippen LogP) is 30.5. The van der Waals surface area contributed by atoms with E-state index in [1.54, 1.807) is 59.2 Å². The van der Waals surface area contributed by atoms with Gasteiger partial charge >= 0.3 is 48.1 Å². The first-order valence-corrected chi connectivity index (χ1v) is 50.6. The van der Waals surface area contributed by atoms with Crippen molar-refractivity contribution < 1.29 is 141 Å². The van der Waals surface area contributed by atoms with Gasteiger partial charge in [-0.2, -0.15) is 11.3 Å². The summed E-state index contributed by atoms with van der Waals surface area (Å²) in [5, 5.41) is 27.3. The van der Waals surface area contributed by atoms with Crippen molar-refractivity contribution in [2.75, 3.05) is 0 Å². The molecule has 27 heteroatoms. The number of aliphatic hydroxyl groups excluding tert-OH is 2. The number of aryl methyl sites for hydroxylation is 8. The third-order valence-electron chi connectivity index (χ3n) is 24.8. The number of aliphatic hydroxyl groups is 2. The average Bonchev–Trinajstić information content (AvgIpc) is 1.59. The van der Waals surface area contributed by atoms with Crippen molar-refractivity contribution in [2.24, 2.45) is 0 Å². The van der Waals surface area contributed by atoms with Crippen LogP contribution in [0.1, 0.15) is 264 Å². The number of carboxylic acids is 1. The molecule has 0 saturated carbocycles. The maximum atomic E-state index is 13.2. The van der Waals surface area contributed by atoms with E-state index >= 15 is 0 Å². The van der Waals surface area contributed by atoms with Gasteiger partial charge < -0.3 is 45.2 Å². The SMILES string of the molecule is CC(=O)C=C(C)O.CC(=O)C=C(C)O.CCC1=C(C)c2cc3[n-]c(cc4nc(cc5[n-]c(cc1n2)c(C)c5CC)C(C)=C4CC)c(C)c3CC.CCC1=C(CC)c2cc3[n-]c(cc4nc(cc5[n-]c(cc1n2)c(CC)c5CC)C(CC)=C4CC)c(CC)c3CC.Fc1c[c-]c(-c2ccccn2)c(F)c1.O=C(O)c1ccccn1.[Ir].[Ir].[Ir].[Pt+2].[Pt+2].[c-]1c(-c2ccccn2)sc2ccccc12.[c-]1ccccc1-c1nc2ccccc2s1. The minimum atomic E-state index is -0.990. The van der Waals surface area contributed by atoms with Gasteiger partial charge in [-0.1, -0.05) is 242 Å². The van der Waals surface area contributed by atoms with E-state index in [1.165, 1.54) is 156 Å². The van der Waals surface area contributed by atoms with Crippen molar-refractivity contribution in [2.45, 2.75) is 216 Å². The molecule has 0 aliphatic carbocycles. The van der Waals surface area contributed by atoms with E-state index in [1.807, 2.05) is 72.9 Å². The van der Waals surface area contributed by atoms with Gasteiger partial charge in [0.05, 0.1) is 62.6 Å². The van der Waals surface area contributed by atoms with Crippen LogP contribution >= 0.6 is 22.7 Å². The number of hydrogen-bond acceptors (Lipinski definition) is 15.